The van der Waals surface area contributed by atoms with Gasteiger partial charge in [0.1, 0.15) is 11.6 Å². The molecule has 2 aliphatic carbocycles. The number of hydrogen-bond donors (Lipinski definition) is 4. The van der Waals surface area contributed by atoms with Crippen LogP contribution in [0, 0.1) is 11.8 Å². The number of imide groups is 1. The van der Waals surface area contributed by atoms with Gasteiger partial charge in [-0.05, 0) is 53.5 Å². The maximum absolute atomic E-state index is 13.9. The van der Waals surface area contributed by atoms with Gasteiger partial charge < -0.3 is 21.7 Å². The van der Waals surface area contributed by atoms with Gasteiger partial charge in [-0.15, -0.1) is 0 Å². The van der Waals surface area contributed by atoms with Crippen molar-refractivity contribution in [1.29, 1.82) is 0 Å². The molecule has 6 amide bonds. The van der Waals surface area contributed by atoms with Gasteiger partial charge in [0.2, 0.25) is 5.91 Å². The van der Waals surface area contributed by atoms with Crippen molar-refractivity contribution in [3.05, 3.63) is 65.2 Å². The first-order valence-electron chi connectivity index (χ1n) is 12.5. The molecule has 9 nitrogen and oxygen atoms in total. The van der Waals surface area contributed by atoms with Crippen molar-refractivity contribution in [2.24, 2.45) is 17.6 Å². The van der Waals surface area contributed by atoms with E-state index in [9.17, 15) is 19.2 Å². The molecule has 2 aromatic rings. The van der Waals surface area contributed by atoms with Crippen molar-refractivity contribution in [1.82, 2.24) is 15.5 Å². The second-order valence-corrected chi connectivity index (χ2v) is 10.1. The molecule has 0 bridgehead atoms. The van der Waals surface area contributed by atoms with Crippen molar-refractivity contribution in [2.75, 3.05) is 5.32 Å². The summed E-state index contributed by atoms with van der Waals surface area (Å²) in [7, 11) is 0. The summed E-state index contributed by atoms with van der Waals surface area (Å²) < 4.78 is 0. The number of carbonyl (C=O) groups is 4. The van der Waals surface area contributed by atoms with Gasteiger partial charge >= 0.3 is 12.1 Å². The van der Waals surface area contributed by atoms with Crippen LogP contribution in [0.5, 0.6) is 0 Å². The standard InChI is InChI=1S/C27H31N5O4/c1-16(18-6-4-7-18)22(23(33)29-15-17-9-11-20(12-10-17)30-25(28)35)32-24(34)27(31-26(32)36)14-13-19-5-2-3-8-21(19)27/h2-3,5,8-12,16,18,22H,4,6-7,13-15H2,1H3,(H,29,33)(H,31,36)(H3,28,30,35)/t16-,22?,27-/m0/s1. The molecule has 9 heteroatoms. The molecule has 1 saturated heterocycles. The van der Waals surface area contributed by atoms with E-state index in [1.165, 1.54) is 4.90 Å². The molecule has 2 fully saturated rings. The van der Waals surface area contributed by atoms with Crippen LogP contribution in [0.3, 0.4) is 0 Å². The van der Waals surface area contributed by atoms with Crippen molar-refractivity contribution >= 4 is 29.6 Å². The number of aryl methyl sites for hydroxylation is 1. The zero-order valence-electron chi connectivity index (χ0n) is 20.3. The van der Waals surface area contributed by atoms with Gasteiger partial charge in [0.05, 0.1) is 0 Å². The zero-order valence-corrected chi connectivity index (χ0v) is 20.3. The van der Waals surface area contributed by atoms with Crippen LogP contribution < -0.4 is 21.7 Å². The number of hydrogen-bond acceptors (Lipinski definition) is 4. The molecule has 0 aromatic heterocycles. The molecule has 2 aromatic carbocycles. The number of nitrogens with two attached hydrogens (primary N) is 1. The number of amides is 6. The van der Waals surface area contributed by atoms with Gasteiger partial charge in [-0.1, -0.05) is 62.6 Å². The maximum Gasteiger partial charge on any atom is 0.326 e. The van der Waals surface area contributed by atoms with E-state index in [4.69, 9.17) is 5.73 Å². The second kappa shape index (κ2) is 9.29. The number of benzene rings is 2. The van der Waals surface area contributed by atoms with E-state index in [2.05, 4.69) is 16.0 Å². The number of fused-ring (bicyclic) bond motifs is 2. The van der Waals surface area contributed by atoms with E-state index < -0.39 is 23.6 Å². The van der Waals surface area contributed by atoms with E-state index in [1.54, 1.807) is 24.3 Å². The molecule has 1 aliphatic heterocycles. The van der Waals surface area contributed by atoms with Gasteiger partial charge in [0, 0.05) is 12.2 Å². The minimum Gasteiger partial charge on any atom is -0.351 e. The quantitative estimate of drug-likeness (QED) is 0.445. The molecule has 1 heterocycles. The second-order valence-electron chi connectivity index (χ2n) is 10.1. The topological polar surface area (TPSA) is 134 Å². The Balaban J connectivity index is 1.37. The highest BCUT2D eigenvalue weighted by Crippen LogP contribution is 2.44. The lowest BCUT2D eigenvalue weighted by atomic mass is 9.73. The molecule has 3 atom stereocenters. The number of primary amides is 1. The molecule has 3 aliphatic rings. The average Bonchev–Trinajstić information content (AvgIpc) is 3.30. The first kappa shape index (κ1) is 23.8. The highest BCUT2D eigenvalue weighted by molar-refractivity contribution is 6.10. The smallest absolute Gasteiger partial charge is 0.326 e. The fraction of sp³-hybridized carbons (Fsp3) is 0.407. The van der Waals surface area contributed by atoms with E-state index >= 15 is 0 Å². The summed E-state index contributed by atoms with van der Waals surface area (Å²) in [5.74, 6) is -0.568. The van der Waals surface area contributed by atoms with E-state index in [-0.39, 0.29) is 30.2 Å². The number of rotatable bonds is 7. The van der Waals surface area contributed by atoms with Crippen LogP contribution in [0.1, 0.15) is 49.3 Å². The Kier molecular flexibility index (Phi) is 6.15. The Morgan fingerprint density at radius 2 is 1.86 bits per heavy atom. The number of anilines is 1. The van der Waals surface area contributed by atoms with E-state index in [0.717, 1.165) is 36.0 Å². The molecule has 0 radical (unpaired) electrons. The number of urea groups is 2. The maximum atomic E-state index is 13.9. The van der Waals surface area contributed by atoms with Crippen LogP contribution in [0.15, 0.2) is 48.5 Å². The third kappa shape index (κ3) is 4.08. The van der Waals surface area contributed by atoms with Crippen molar-refractivity contribution in [2.45, 2.75) is 57.2 Å². The highest BCUT2D eigenvalue weighted by Gasteiger charge is 2.58. The third-order valence-corrected chi connectivity index (χ3v) is 8.00. The summed E-state index contributed by atoms with van der Waals surface area (Å²) in [6, 6.07) is 12.6. The SMILES string of the molecule is C[C@@H](C1CCC1)C(C(=O)NCc1ccc(NC(N)=O)cc1)N1C(=O)N[C@]2(CCc3ccccc32)C1=O. The van der Waals surface area contributed by atoms with Crippen LogP contribution in [0.4, 0.5) is 15.3 Å². The summed E-state index contributed by atoms with van der Waals surface area (Å²) in [5.41, 5.74) is 7.28. The fourth-order valence-electron chi connectivity index (χ4n) is 5.77. The average molecular weight is 490 g/mol. The fourth-order valence-corrected chi connectivity index (χ4v) is 5.77. The Bertz CT molecular complexity index is 1210. The minimum absolute atomic E-state index is 0.164. The normalized spacial score (nSPS) is 22.5. The lowest BCUT2D eigenvalue weighted by Gasteiger charge is -2.38. The molecular formula is C27H31N5O4. The largest absolute Gasteiger partial charge is 0.351 e. The van der Waals surface area contributed by atoms with Gasteiger partial charge in [-0.25, -0.2) is 14.5 Å². The van der Waals surface area contributed by atoms with Crippen LogP contribution in [0.25, 0.3) is 0 Å². The predicted molar refractivity (Wildman–Crippen MR) is 134 cm³/mol. The van der Waals surface area contributed by atoms with Crippen LogP contribution in [-0.4, -0.2) is 34.8 Å². The Morgan fingerprint density at radius 1 is 1.14 bits per heavy atom. The Labute approximate surface area is 209 Å². The van der Waals surface area contributed by atoms with Crippen LogP contribution >= 0.6 is 0 Å². The molecule has 188 valence electrons. The van der Waals surface area contributed by atoms with Gasteiger partial charge in [-0.2, -0.15) is 0 Å². The molecule has 1 unspecified atom stereocenters. The lowest BCUT2D eigenvalue weighted by molar-refractivity contribution is -0.141. The Morgan fingerprint density at radius 3 is 2.53 bits per heavy atom. The summed E-state index contributed by atoms with van der Waals surface area (Å²) in [6.45, 7) is 2.19. The molecular weight excluding hydrogens is 458 g/mol. The van der Waals surface area contributed by atoms with E-state index in [0.29, 0.717) is 18.5 Å². The van der Waals surface area contributed by atoms with Crippen molar-refractivity contribution in [3.63, 3.8) is 0 Å². The van der Waals surface area contributed by atoms with Crippen LogP contribution in [-0.2, 0) is 28.1 Å². The predicted octanol–water partition coefficient (Wildman–Crippen LogP) is 2.99. The van der Waals surface area contributed by atoms with Crippen molar-refractivity contribution in [3.8, 4) is 0 Å². The zero-order chi connectivity index (χ0) is 25.4. The number of nitrogens with zero attached hydrogens (tertiary/aromatic N) is 1. The summed E-state index contributed by atoms with van der Waals surface area (Å²) in [4.78, 5) is 53.0. The molecule has 1 saturated carbocycles. The van der Waals surface area contributed by atoms with Crippen molar-refractivity contribution < 1.29 is 19.2 Å². The lowest BCUT2D eigenvalue weighted by Crippen LogP contribution is -2.55. The molecule has 5 N–H and O–H groups in total. The molecule has 36 heavy (non-hydrogen) atoms. The first-order valence-corrected chi connectivity index (χ1v) is 12.5. The molecule has 1 spiro atoms. The van der Waals surface area contributed by atoms with Gasteiger partial charge in [0.25, 0.3) is 5.91 Å². The van der Waals surface area contributed by atoms with Gasteiger partial charge in [-0.3, -0.25) is 9.59 Å². The first-order chi connectivity index (χ1) is 17.3. The highest BCUT2D eigenvalue weighted by atomic mass is 16.2. The number of carbonyl (C=O) groups excluding carboxylic acids is 4. The summed E-state index contributed by atoms with van der Waals surface area (Å²) in [5, 5.41) is 8.39. The Hall–Kier alpha value is -3.88. The number of nitrogens with one attached hydrogen (secondary N) is 3. The minimum atomic E-state index is -1.10. The summed E-state index contributed by atoms with van der Waals surface area (Å²) in [6.07, 6.45) is 4.25. The summed E-state index contributed by atoms with van der Waals surface area (Å²) >= 11 is 0. The third-order valence-electron chi connectivity index (χ3n) is 8.00. The van der Waals surface area contributed by atoms with Crippen LogP contribution in [0.2, 0.25) is 0 Å². The molecule has 5 rings (SSSR count). The van der Waals surface area contributed by atoms with E-state index in [1.807, 2.05) is 31.2 Å². The monoisotopic (exact) mass is 489 g/mol. The van der Waals surface area contributed by atoms with Gasteiger partial charge in [0.15, 0.2) is 0 Å².